The molecule has 4 nitrogen and oxygen atoms in total. The third kappa shape index (κ3) is 15.0. The summed E-state index contributed by atoms with van der Waals surface area (Å²) in [6, 6.07) is 0. The molecule has 0 fully saturated rings. The topological polar surface area (TPSA) is 55.8 Å². The number of ether oxygens (including phenoxy) is 2. The van der Waals surface area contributed by atoms with Gasteiger partial charge in [-0.25, -0.2) is 4.79 Å². The summed E-state index contributed by atoms with van der Waals surface area (Å²) in [7, 11) is 1.41. The maximum absolute atomic E-state index is 11.8. The molecule has 1 unspecified atom stereocenters. The lowest BCUT2D eigenvalue weighted by molar-refractivity contribution is -0.171. The van der Waals surface area contributed by atoms with E-state index in [-0.39, 0.29) is 6.61 Å². The first-order valence-corrected chi connectivity index (χ1v) is 11.4. The van der Waals surface area contributed by atoms with Crippen molar-refractivity contribution in [2.75, 3.05) is 20.3 Å². The number of unbranched alkanes of at least 4 members (excludes halogenated alkanes) is 15. The summed E-state index contributed by atoms with van der Waals surface area (Å²) < 4.78 is 10.2. The number of carbonyl (C=O) groups excluding carboxylic acids is 1. The van der Waals surface area contributed by atoms with Crippen LogP contribution in [0.25, 0.3) is 0 Å². The fourth-order valence-corrected chi connectivity index (χ4v) is 3.18. The average molecular weight is 387 g/mol. The van der Waals surface area contributed by atoms with E-state index >= 15 is 0 Å². The Labute approximate surface area is 168 Å². The Bertz CT molecular complexity index is 326. The Morgan fingerprint density at radius 3 is 1.44 bits per heavy atom. The van der Waals surface area contributed by atoms with Crippen LogP contribution in [0.15, 0.2) is 0 Å². The number of hydrogen-bond acceptors (Lipinski definition) is 4. The van der Waals surface area contributed by atoms with Crippen molar-refractivity contribution in [1.29, 1.82) is 0 Å². The van der Waals surface area contributed by atoms with E-state index in [4.69, 9.17) is 9.47 Å². The standard InChI is InChI=1S/C23H46O4/c1-4-5-6-7-8-9-10-11-12-13-14-15-16-17-18-19-20-27-22(25)23(2,21-24)26-3/h24H,4-21H2,1-3H3. The number of esters is 1. The van der Waals surface area contributed by atoms with Crippen LogP contribution in [0.1, 0.15) is 117 Å². The van der Waals surface area contributed by atoms with Gasteiger partial charge in [-0.2, -0.15) is 0 Å². The van der Waals surface area contributed by atoms with Crippen LogP contribution in [-0.4, -0.2) is 37.0 Å². The largest absolute Gasteiger partial charge is 0.463 e. The third-order valence-corrected chi connectivity index (χ3v) is 5.42. The minimum absolute atomic E-state index is 0.360. The van der Waals surface area contributed by atoms with Crippen molar-refractivity contribution in [3.8, 4) is 0 Å². The fourth-order valence-electron chi connectivity index (χ4n) is 3.18. The molecular weight excluding hydrogens is 340 g/mol. The molecule has 0 heterocycles. The van der Waals surface area contributed by atoms with Gasteiger partial charge in [0, 0.05) is 7.11 Å². The van der Waals surface area contributed by atoms with Crippen LogP contribution < -0.4 is 0 Å². The van der Waals surface area contributed by atoms with E-state index < -0.39 is 11.6 Å². The quantitative estimate of drug-likeness (QED) is 0.200. The Kier molecular flexibility index (Phi) is 18.3. The summed E-state index contributed by atoms with van der Waals surface area (Å²) in [6.45, 7) is 3.87. The normalized spacial score (nSPS) is 13.5. The van der Waals surface area contributed by atoms with E-state index in [0.717, 1.165) is 12.8 Å². The van der Waals surface area contributed by atoms with Crippen LogP contribution in [0.4, 0.5) is 0 Å². The molecule has 0 spiro atoms. The summed E-state index contributed by atoms with van der Waals surface area (Å²) in [4.78, 5) is 11.8. The zero-order valence-electron chi connectivity index (χ0n) is 18.4. The van der Waals surface area contributed by atoms with E-state index in [2.05, 4.69) is 6.92 Å². The Morgan fingerprint density at radius 1 is 0.741 bits per heavy atom. The van der Waals surface area contributed by atoms with Crippen LogP contribution >= 0.6 is 0 Å². The van der Waals surface area contributed by atoms with Crippen molar-refractivity contribution < 1.29 is 19.4 Å². The highest BCUT2D eigenvalue weighted by Crippen LogP contribution is 2.14. The van der Waals surface area contributed by atoms with Gasteiger partial charge < -0.3 is 14.6 Å². The second-order valence-corrected chi connectivity index (χ2v) is 8.03. The third-order valence-electron chi connectivity index (χ3n) is 5.42. The van der Waals surface area contributed by atoms with E-state index in [9.17, 15) is 9.90 Å². The molecule has 0 radical (unpaired) electrons. The zero-order chi connectivity index (χ0) is 20.2. The van der Waals surface area contributed by atoms with Gasteiger partial charge in [-0.3, -0.25) is 0 Å². The Morgan fingerprint density at radius 2 is 1.11 bits per heavy atom. The first-order valence-electron chi connectivity index (χ1n) is 11.4. The number of methoxy groups -OCH3 is 1. The summed E-state index contributed by atoms with van der Waals surface area (Å²) in [5, 5.41) is 9.17. The van der Waals surface area contributed by atoms with Gasteiger partial charge in [0.1, 0.15) is 0 Å². The molecule has 0 saturated carbocycles. The number of hydrogen-bond donors (Lipinski definition) is 1. The summed E-state index contributed by atoms with van der Waals surface area (Å²) in [5.74, 6) is -0.478. The predicted molar refractivity (Wildman–Crippen MR) is 113 cm³/mol. The molecule has 0 aromatic rings. The number of carbonyl (C=O) groups is 1. The zero-order valence-corrected chi connectivity index (χ0v) is 18.4. The Hall–Kier alpha value is -0.610. The van der Waals surface area contributed by atoms with Gasteiger partial charge in [0.15, 0.2) is 5.60 Å². The van der Waals surface area contributed by atoms with Gasteiger partial charge in [0.25, 0.3) is 0 Å². The molecule has 162 valence electrons. The predicted octanol–water partition coefficient (Wildman–Crippen LogP) is 6.19. The number of aliphatic hydroxyl groups excluding tert-OH is 1. The highest BCUT2D eigenvalue weighted by molar-refractivity contribution is 5.79. The molecule has 0 aromatic carbocycles. The molecule has 1 atom stereocenters. The van der Waals surface area contributed by atoms with E-state index in [0.29, 0.717) is 6.61 Å². The molecule has 1 N–H and O–H groups in total. The molecule has 0 rings (SSSR count). The maximum atomic E-state index is 11.8. The first kappa shape index (κ1) is 26.4. The highest BCUT2D eigenvalue weighted by atomic mass is 16.6. The lowest BCUT2D eigenvalue weighted by Gasteiger charge is -2.23. The molecule has 4 heteroatoms. The van der Waals surface area contributed by atoms with Gasteiger partial charge in [-0.1, -0.05) is 103 Å². The van der Waals surface area contributed by atoms with Crippen molar-refractivity contribution in [3.05, 3.63) is 0 Å². The van der Waals surface area contributed by atoms with E-state index in [1.807, 2.05) is 0 Å². The second-order valence-electron chi connectivity index (χ2n) is 8.03. The molecule has 0 aliphatic carbocycles. The van der Waals surface area contributed by atoms with E-state index in [1.54, 1.807) is 6.92 Å². The smallest absolute Gasteiger partial charge is 0.340 e. The minimum atomic E-state index is -1.23. The molecule has 0 aliphatic rings. The summed E-state index contributed by atoms with van der Waals surface area (Å²) in [6.07, 6.45) is 21.2. The van der Waals surface area contributed by atoms with Gasteiger partial charge in [-0.15, -0.1) is 0 Å². The lowest BCUT2D eigenvalue weighted by atomic mass is 10.0. The van der Waals surface area contributed by atoms with Crippen LogP contribution in [0, 0.1) is 0 Å². The fraction of sp³-hybridized carbons (Fsp3) is 0.957. The molecule has 0 aliphatic heterocycles. The highest BCUT2D eigenvalue weighted by Gasteiger charge is 2.34. The molecule has 0 aromatic heterocycles. The van der Waals surface area contributed by atoms with Gasteiger partial charge in [0.2, 0.25) is 0 Å². The molecule has 0 amide bonds. The SMILES string of the molecule is CCCCCCCCCCCCCCCCCCOC(=O)C(C)(CO)OC. The van der Waals surface area contributed by atoms with Gasteiger partial charge >= 0.3 is 5.97 Å². The van der Waals surface area contributed by atoms with Crippen LogP contribution in [-0.2, 0) is 14.3 Å². The van der Waals surface area contributed by atoms with Crippen molar-refractivity contribution in [2.45, 2.75) is 122 Å². The maximum Gasteiger partial charge on any atom is 0.340 e. The van der Waals surface area contributed by atoms with E-state index in [1.165, 1.54) is 97.0 Å². The second kappa shape index (κ2) is 18.7. The lowest BCUT2D eigenvalue weighted by Crippen LogP contribution is -2.42. The first-order chi connectivity index (χ1) is 13.1. The van der Waals surface area contributed by atoms with Crippen molar-refractivity contribution in [1.82, 2.24) is 0 Å². The van der Waals surface area contributed by atoms with Crippen LogP contribution in [0.3, 0.4) is 0 Å². The summed E-state index contributed by atoms with van der Waals surface area (Å²) in [5.41, 5.74) is -1.23. The van der Waals surface area contributed by atoms with Crippen LogP contribution in [0.5, 0.6) is 0 Å². The monoisotopic (exact) mass is 386 g/mol. The molecular formula is C23H46O4. The molecule has 27 heavy (non-hydrogen) atoms. The van der Waals surface area contributed by atoms with Crippen molar-refractivity contribution in [3.63, 3.8) is 0 Å². The summed E-state index contributed by atoms with van der Waals surface area (Å²) >= 11 is 0. The Balaban J connectivity index is 3.24. The molecule has 0 bridgehead atoms. The van der Waals surface area contributed by atoms with Gasteiger partial charge in [-0.05, 0) is 13.3 Å². The average Bonchev–Trinajstić information content (AvgIpc) is 2.69. The number of rotatable bonds is 20. The van der Waals surface area contributed by atoms with Gasteiger partial charge in [0.05, 0.1) is 13.2 Å². The van der Waals surface area contributed by atoms with Crippen molar-refractivity contribution in [2.24, 2.45) is 0 Å². The van der Waals surface area contributed by atoms with Crippen molar-refractivity contribution >= 4 is 5.97 Å². The minimum Gasteiger partial charge on any atom is -0.463 e. The number of aliphatic hydroxyl groups is 1. The van der Waals surface area contributed by atoms with Crippen LogP contribution in [0.2, 0.25) is 0 Å². The molecule has 0 saturated heterocycles.